The summed E-state index contributed by atoms with van der Waals surface area (Å²) in [7, 11) is 0. The number of ether oxygens (including phenoxy) is 1. The largest absolute Gasteiger partial charge is 0.492 e. The van der Waals surface area contributed by atoms with Gasteiger partial charge in [-0.15, -0.1) is 22.9 Å². The fraction of sp³-hybridized carbons (Fsp3) is 0.438. The molecular formula is C16H19ClN2OS. The lowest BCUT2D eigenvalue weighted by Gasteiger charge is -2.27. The third-order valence-electron chi connectivity index (χ3n) is 3.80. The molecule has 0 saturated carbocycles. The van der Waals surface area contributed by atoms with Gasteiger partial charge in [-0.2, -0.15) is 0 Å². The molecule has 1 aromatic carbocycles. The van der Waals surface area contributed by atoms with Crippen LogP contribution in [0.2, 0.25) is 0 Å². The van der Waals surface area contributed by atoms with Gasteiger partial charge < -0.3 is 4.74 Å². The molecule has 5 heteroatoms. The third kappa shape index (κ3) is 3.23. The van der Waals surface area contributed by atoms with Crippen molar-refractivity contribution in [3.8, 4) is 5.75 Å². The molecule has 112 valence electrons. The number of fused-ring (bicyclic) bond motifs is 1. The van der Waals surface area contributed by atoms with Crippen LogP contribution in [0.4, 0.5) is 0 Å². The van der Waals surface area contributed by atoms with E-state index in [1.807, 2.05) is 6.07 Å². The zero-order valence-electron chi connectivity index (χ0n) is 12.1. The first-order chi connectivity index (χ1) is 10.3. The number of thiazole rings is 1. The predicted octanol–water partition coefficient (Wildman–Crippen LogP) is 4.23. The highest BCUT2D eigenvalue weighted by molar-refractivity contribution is 7.09. The molecule has 3 rings (SSSR count). The minimum absolute atomic E-state index is 0.335. The summed E-state index contributed by atoms with van der Waals surface area (Å²) in [6.07, 6.45) is 1.04. The zero-order chi connectivity index (χ0) is 14.7. The summed E-state index contributed by atoms with van der Waals surface area (Å²) < 4.78 is 5.86. The average molecular weight is 323 g/mol. The molecule has 0 amide bonds. The standard InChI is InChI=1S/C16H19ClN2OS/c1-2-14(16-18-13(9-17)11-21-16)19-7-8-20-15-6-4-3-5-12(15)10-19/h3-6,11,14H,2,7-10H2,1H3. The predicted molar refractivity (Wildman–Crippen MR) is 87.1 cm³/mol. The van der Waals surface area contributed by atoms with Gasteiger partial charge in [-0.05, 0) is 12.5 Å². The van der Waals surface area contributed by atoms with E-state index < -0.39 is 0 Å². The fourth-order valence-electron chi connectivity index (χ4n) is 2.74. The smallest absolute Gasteiger partial charge is 0.123 e. The summed E-state index contributed by atoms with van der Waals surface area (Å²) >= 11 is 7.59. The van der Waals surface area contributed by atoms with Crippen LogP contribution in [0.5, 0.6) is 5.75 Å². The van der Waals surface area contributed by atoms with E-state index in [9.17, 15) is 0 Å². The second-order valence-electron chi connectivity index (χ2n) is 5.16. The van der Waals surface area contributed by atoms with Crippen LogP contribution in [0.15, 0.2) is 29.6 Å². The molecular weight excluding hydrogens is 304 g/mol. The SMILES string of the molecule is CCC(c1nc(CCl)cs1)N1CCOc2ccccc2C1. The number of para-hydroxylation sites is 1. The summed E-state index contributed by atoms with van der Waals surface area (Å²) in [4.78, 5) is 7.13. The Kier molecular flexibility index (Phi) is 4.78. The van der Waals surface area contributed by atoms with Crippen LogP contribution >= 0.6 is 22.9 Å². The van der Waals surface area contributed by atoms with E-state index in [1.54, 1.807) is 11.3 Å². The van der Waals surface area contributed by atoms with Crippen molar-refractivity contribution in [3.63, 3.8) is 0 Å². The van der Waals surface area contributed by atoms with E-state index >= 15 is 0 Å². The Morgan fingerprint density at radius 2 is 2.29 bits per heavy atom. The molecule has 0 N–H and O–H groups in total. The molecule has 1 unspecified atom stereocenters. The topological polar surface area (TPSA) is 25.4 Å². The fourth-order valence-corrected chi connectivity index (χ4v) is 4.00. The summed E-state index contributed by atoms with van der Waals surface area (Å²) in [5.41, 5.74) is 2.23. The van der Waals surface area contributed by atoms with Crippen molar-refractivity contribution in [1.29, 1.82) is 0 Å². The third-order valence-corrected chi connectivity index (χ3v) is 5.07. The van der Waals surface area contributed by atoms with Gasteiger partial charge in [-0.1, -0.05) is 25.1 Å². The Balaban J connectivity index is 1.84. The maximum absolute atomic E-state index is 5.88. The molecule has 3 nitrogen and oxygen atoms in total. The average Bonchev–Trinajstić information content (AvgIpc) is 2.88. The molecule has 0 radical (unpaired) electrons. The number of hydrogen-bond acceptors (Lipinski definition) is 4. The maximum atomic E-state index is 5.88. The van der Waals surface area contributed by atoms with Crippen molar-refractivity contribution in [2.45, 2.75) is 31.8 Å². The molecule has 0 saturated heterocycles. The Bertz CT molecular complexity index is 601. The summed E-state index contributed by atoms with van der Waals surface area (Å²) in [6.45, 7) is 4.76. The lowest BCUT2D eigenvalue weighted by Crippen LogP contribution is -2.30. The van der Waals surface area contributed by atoms with E-state index in [-0.39, 0.29) is 0 Å². The number of nitrogens with zero attached hydrogens (tertiary/aromatic N) is 2. The van der Waals surface area contributed by atoms with E-state index in [0.717, 1.165) is 42.6 Å². The second kappa shape index (κ2) is 6.77. The quantitative estimate of drug-likeness (QED) is 0.788. The van der Waals surface area contributed by atoms with Gasteiger partial charge in [0.2, 0.25) is 0 Å². The lowest BCUT2D eigenvalue weighted by atomic mass is 10.1. The van der Waals surface area contributed by atoms with Crippen LogP contribution in [-0.2, 0) is 12.4 Å². The van der Waals surface area contributed by atoms with Gasteiger partial charge in [0.1, 0.15) is 17.4 Å². The van der Waals surface area contributed by atoms with Crippen molar-refractivity contribution < 1.29 is 4.74 Å². The minimum Gasteiger partial charge on any atom is -0.492 e. The van der Waals surface area contributed by atoms with Crippen LogP contribution in [0, 0.1) is 0 Å². The Labute approximate surface area is 134 Å². The molecule has 21 heavy (non-hydrogen) atoms. The zero-order valence-corrected chi connectivity index (χ0v) is 13.7. The number of halogens is 1. The Morgan fingerprint density at radius 1 is 1.43 bits per heavy atom. The Morgan fingerprint density at radius 3 is 3.05 bits per heavy atom. The summed E-state index contributed by atoms with van der Waals surface area (Å²) in [5, 5.41) is 3.22. The number of alkyl halides is 1. The summed E-state index contributed by atoms with van der Waals surface area (Å²) in [6, 6.07) is 8.63. The monoisotopic (exact) mass is 322 g/mol. The number of hydrogen-bond donors (Lipinski definition) is 0. The maximum Gasteiger partial charge on any atom is 0.123 e. The van der Waals surface area contributed by atoms with Crippen molar-refractivity contribution in [3.05, 3.63) is 45.9 Å². The van der Waals surface area contributed by atoms with Gasteiger partial charge in [0.15, 0.2) is 0 Å². The van der Waals surface area contributed by atoms with Crippen molar-refractivity contribution in [2.24, 2.45) is 0 Å². The first-order valence-corrected chi connectivity index (χ1v) is 8.68. The van der Waals surface area contributed by atoms with E-state index in [2.05, 4.69) is 40.4 Å². The minimum atomic E-state index is 0.335. The number of aromatic nitrogens is 1. The number of rotatable bonds is 4. The van der Waals surface area contributed by atoms with Crippen LogP contribution < -0.4 is 4.74 Å². The molecule has 1 aliphatic heterocycles. The van der Waals surface area contributed by atoms with Gasteiger partial charge >= 0.3 is 0 Å². The normalized spacial score (nSPS) is 16.9. The lowest BCUT2D eigenvalue weighted by molar-refractivity contribution is 0.165. The molecule has 2 heterocycles. The van der Waals surface area contributed by atoms with Crippen molar-refractivity contribution in [1.82, 2.24) is 9.88 Å². The molecule has 1 atom stereocenters. The van der Waals surface area contributed by atoms with Gasteiger partial charge in [0, 0.05) is 24.0 Å². The molecule has 1 aliphatic rings. The van der Waals surface area contributed by atoms with Gasteiger partial charge in [-0.3, -0.25) is 4.90 Å². The molecule has 1 aromatic heterocycles. The van der Waals surface area contributed by atoms with E-state index in [4.69, 9.17) is 16.3 Å². The molecule has 2 aromatic rings. The second-order valence-corrected chi connectivity index (χ2v) is 6.32. The van der Waals surface area contributed by atoms with Gasteiger partial charge in [0.25, 0.3) is 0 Å². The Hall–Kier alpha value is -1.10. The van der Waals surface area contributed by atoms with Crippen LogP contribution in [-0.4, -0.2) is 23.0 Å². The first-order valence-electron chi connectivity index (χ1n) is 7.26. The highest BCUT2D eigenvalue weighted by Gasteiger charge is 2.24. The van der Waals surface area contributed by atoms with E-state index in [0.29, 0.717) is 11.9 Å². The van der Waals surface area contributed by atoms with Crippen molar-refractivity contribution in [2.75, 3.05) is 13.2 Å². The summed E-state index contributed by atoms with van der Waals surface area (Å²) in [5.74, 6) is 1.49. The van der Waals surface area contributed by atoms with Crippen LogP contribution in [0.3, 0.4) is 0 Å². The van der Waals surface area contributed by atoms with E-state index in [1.165, 1.54) is 5.56 Å². The van der Waals surface area contributed by atoms with Gasteiger partial charge in [0.05, 0.1) is 17.6 Å². The van der Waals surface area contributed by atoms with Crippen molar-refractivity contribution >= 4 is 22.9 Å². The molecule has 0 bridgehead atoms. The molecule has 0 aliphatic carbocycles. The van der Waals surface area contributed by atoms with Gasteiger partial charge in [-0.25, -0.2) is 4.98 Å². The molecule has 0 fully saturated rings. The van der Waals surface area contributed by atoms with Crippen LogP contribution in [0.1, 0.15) is 35.7 Å². The highest BCUT2D eigenvalue weighted by Crippen LogP contribution is 2.32. The first kappa shape index (κ1) is 14.8. The van der Waals surface area contributed by atoms with Crippen LogP contribution in [0.25, 0.3) is 0 Å². The number of benzene rings is 1. The highest BCUT2D eigenvalue weighted by atomic mass is 35.5. The molecule has 0 spiro atoms.